The van der Waals surface area contributed by atoms with E-state index in [9.17, 15) is 0 Å². The van der Waals surface area contributed by atoms with Crippen molar-refractivity contribution in [2.24, 2.45) is 0 Å². The molecule has 0 radical (unpaired) electrons. The lowest BCUT2D eigenvalue weighted by molar-refractivity contribution is 0.962. The van der Waals surface area contributed by atoms with Crippen LogP contribution in [-0.4, -0.2) is 0 Å². The smallest absolute Gasteiger partial charge is 0.0184 e. The number of rotatable bonds is 5. The van der Waals surface area contributed by atoms with Gasteiger partial charge < -0.3 is 0 Å². The van der Waals surface area contributed by atoms with Gasteiger partial charge in [-0.15, -0.1) is 6.58 Å². The van der Waals surface area contributed by atoms with E-state index in [4.69, 9.17) is 0 Å². The van der Waals surface area contributed by atoms with Crippen LogP contribution in [0.15, 0.2) is 200 Å². The van der Waals surface area contributed by atoms with Crippen LogP contribution < -0.4 is 0 Å². The van der Waals surface area contributed by atoms with Crippen molar-refractivity contribution in [1.82, 2.24) is 0 Å². The van der Waals surface area contributed by atoms with Gasteiger partial charge in [-0.3, -0.25) is 0 Å². The second kappa shape index (κ2) is 20.6. The highest BCUT2D eigenvalue weighted by atomic mass is 14.1. The van der Waals surface area contributed by atoms with Gasteiger partial charge in [0.15, 0.2) is 0 Å². The van der Waals surface area contributed by atoms with E-state index in [-0.39, 0.29) is 0 Å². The zero-order valence-electron chi connectivity index (χ0n) is 30.1. The molecule has 1 aliphatic carbocycles. The van der Waals surface area contributed by atoms with Crippen molar-refractivity contribution in [3.8, 4) is 44.5 Å². The Kier molecular flexibility index (Phi) is 15.3. The fraction of sp³-hybridized carbons (Fsp3) is 0.120. The Bertz CT molecular complexity index is 1920. The molecule has 7 rings (SSSR count). The molecule has 250 valence electrons. The van der Waals surface area contributed by atoms with Crippen LogP contribution in [-0.2, 0) is 0 Å². The molecule has 0 aliphatic heterocycles. The van der Waals surface area contributed by atoms with Crippen LogP contribution in [0.5, 0.6) is 0 Å². The van der Waals surface area contributed by atoms with Gasteiger partial charge in [-0.1, -0.05) is 205 Å². The first-order valence-corrected chi connectivity index (χ1v) is 17.5. The standard InChI is InChI=1S/C25H20.C15H14.C7H10.C3H6/c1-19-7-9-21(10-8-19)23-15-17-25(18-16-23)24-13-11-22(12-14-24)20-5-3-2-4-6-20;1-2-6-13-9-11-15(12-10-13)14-7-4-3-5-8-14;1-7-5-3-2-4-6-7;1-3-2/h2-18H,1H3;2-12H,1H3;2-3,5H,4,6H2,1H3;3H,1H2,2H3/b;6-2+;;. The Morgan fingerprint density at radius 2 is 0.800 bits per heavy atom. The van der Waals surface area contributed by atoms with Crippen LogP contribution in [0.25, 0.3) is 50.6 Å². The second-order valence-corrected chi connectivity index (χ2v) is 12.3. The van der Waals surface area contributed by atoms with E-state index in [2.05, 4.69) is 196 Å². The molecule has 1 aliphatic rings. The van der Waals surface area contributed by atoms with Crippen LogP contribution in [0.4, 0.5) is 0 Å². The van der Waals surface area contributed by atoms with Gasteiger partial charge in [-0.2, -0.15) is 0 Å². The van der Waals surface area contributed by atoms with Crippen molar-refractivity contribution in [2.75, 3.05) is 0 Å². The Balaban J connectivity index is 0.000000189. The van der Waals surface area contributed by atoms with E-state index in [1.807, 2.05) is 26.0 Å². The van der Waals surface area contributed by atoms with Crippen molar-refractivity contribution in [2.45, 2.75) is 40.5 Å². The van der Waals surface area contributed by atoms with Crippen molar-refractivity contribution >= 4 is 6.08 Å². The minimum Gasteiger partial charge on any atom is -0.103 e. The third-order valence-corrected chi connectivity index (χ3v) is 8.19. The van der Waals surface area contributed by atoms with Crippen molar-refractivity contribution < 1.29 is 0 Å². The normalized spacial score (nSPS) is 11.5. The molecule has 6 aromatic carbocycles. The molecule has 0 unspecified atom stereocenters. The summed E-state index contributed by atoms with van der Waals surface area (Å²) in [6.45, 7) is 11.6. The van der Waals surface area contributed by atoms with Gasteiger partial charge in [-0.05, 0) is 90.6 Å². The highest BCUT2D eigenvalue weighted by molar-refractivity contribution is 5.73. The van der Waals surface area contributed by atoms with Gasteiger partial charge in [0.05, 0.1) is 0 Å². The zero-order valence-corrected chi connectivity index (χ0v) is 30.1. The van der Waals surface area contributed by atoms with E-state index in [0.29, 0.717) is 0 Å². The van der Waals surface area contributed by atoms with Crippen molar-refractivity contribution in [3.63, 3.8) is 0 Å². The summed E-state index contributed by atoms with van der Waals surface area (Å²) in [6, 6.07) is 55.8. The molecule has 0 atom stereocenters. The van der Waals surface area contributed by atoms with Crippen LogP contribution in [0, 0.1) is 6.92 Å². The Hall–Kier alpha value is -5.72. The topological polar surface area (TPSA) is 0 Å². The molecule has 0 heteroatoms. The van der Waals surface area contributed by atoms with Crippen molar-refractivity contribution in [1.29, 1.82) is 0 Å². The van der Waals surface area contributed by atoms with Crippen molar-refractivity contribution in [3.05, 3.63) is 211 Å². The Labute approximate surface area is 301 Å². The molecule has 0 saturated carbocycles. The summed E-state index contributed by atoms with van der Waals surface area (Å²) in [4.78, 5) is 0. The molecule has 0 fully saturated rings. The first-order chi connectivity index (χ1) is 24.5. The average Bonchev–Trinajstić information content (AvgIpc) is 3.18. The summed E-state index contributed by atoms with van der Waals surface area (Å²) in [6.07, 6.45) is 14.9. The number of hydrogen-bond acceptors (Lipinski definition) is 0. The third kappa shape index (κ3) is 12.1. The van der Waals surface area contributed by atoms with E-state index < -0.39 is 0 Å². The maximum absolute atomic E-state index is 3.36. The maximum Gasteiger partial charge on any atom is -0.0184 e. The molecule has 6 aromatic rings. The fourth-order valence-electron chi connectivity index (χ4n) is 5.42. The Morgan fingerprint density at radius 1 is 0.460 bits per heavy atom. The second-order valence-electron chi connectivity index (χ2n) is 12.3. The zero-order chi connectivity index (χ0) is 35.4. The molecule has 0 nitrogen and oxygen atoms in total. The van der Waals surface area contributed by atoms with E-state index in [1.54, 1.807) is 6.08 Å². The maximum atomic E-state index is 3.36. The number of aryl methyl sites for hydroxylation is 1. The van der Waals surface area contributed by atoms with Crippen LogP contribution >= 0.6 is 0 Å². The predicted molar refractivity (Wildman–Crippen MR) is 222 cm³/mol. The first kappa shape index (κ1) is 37.1. The predicted octanol–water partition coefficient (Wildman–Crippen LogP) is 14.9. The van der Waals surface area contributed by atoms with Gasteiger partial charge >= 0.3 is 0 Å². The molecule has 0 aromatic heterocycles. The molecule has 0 bridgehead atoms. The summed E-state index contributed by atoms with van der Waals surface area (Å²) >= 11 is 0. The number of hydrogen-bond donors (Lipinski definition) is 0. The van der Waals surface area contributed by atoms with Gasteiger partial charge in [0.1, 0.15) is 0 Å². The highest BCUT2D eigenvalue weighted by Gasteiger charge is 2.02. The van der Waals surface area contributed by atoms with Gasteiger partial charge in [0, 0.05) is 0 Å². The molecular weight excluding hydrogens is 601 g/mol. The molecule has 0 spiro atoms. The Morgan fingerprint density at radius 3 is 1.10 bits per heavy atom. The van der Waals surface area contributed by atoms with Crippen LogP contribution in [0.1, 0.15) is 44.7 Å². The molecular formula is C50H50. The summed E-state index contributed by atoms with van der Waals surface area (Å²) < 4.78 is 0. The molecule has 0 N–H and O–H groups in total. The lowest BCUT2D eigenvalue weighted by atomic mass is 9.98. The van der Waals surface area contributed by atoms with Gasteiger partial charge in [0.25, 0.3) is 0 Å². The molecule has 0 saturated heterocycles. The molecule has 0 amide bonds. The quantitative estimate of drug-likeness (QED) is 0.163. The van der Waals surface area contributed by atoms with E-state index in [1.165, 1.54) is 74.0 Å². The monoisotopic (exact) mass is 650 g/mol. The lowest BCUT2D eigenvalue weighted by Gasteiger charge is -2.07. The number of allylic oxidation sites excluding steroid dienone is 6. The van der Waals surface area contributed by atoms with E-state index >= 15 is 0 Å². The van der Waals surface area contributed by atoms with E-state index in [0.717, 1.165) is 0 Å². The first-order valence-electron chi connectivity index (χ1n) is 17.5. The average molecular weight is 651 g/mol. The summed E-state index contributed by atoms with van der Waals surface area (Å²) in [5, 5.41) is 0. The molecule has 0 heterocycles. The fourth-order valence-corrected chi connectivity index (χ4v) is 5.42. The summed E-state index contributed by atoms with van der Waals surface area (Å²) in [5.74, 6) is 0. The minimum absolute atomic E-state index is 1.24. The van der Waals surface area contributed by atoms with Gasteiger partial charge in [0.2, 0.25) is 0 Å². The number of benzene rings is 6. The third-order valence-electron chi connectivity index (χ3n) is 8.19. The van der Waals surface area contributed by atoms with Crippen LogP contribution in [0.2, 0.25) is 0 Å². The lowest BCUT2D eigenvalue weighted by Crippen LogP contribution is -1.82. The molecule has 50 heavy (non-hydrogen) atoms. The van der Waals surface area contributed by atoms with Crippen LogP contribution in [0.3, 0.4) is 0 Å². The SMILES string of the molecule is C/C=C/c1ccc(-c2ccccc2)cc1.C=CC.CC1=CC=CCC1.Cc1ccc(-c2ccc(-c3ccc(-c4ccccc4)cc3)cc2)cc1. The highest BCUT2D eigenvalue weighted by Crippen LogP contribution is 2.27. The van der Waals surface area contributed by atoms with Gasteiger partial charge in [-0.25, -0.2) is 0 Å². The minimum atomic E-state index is 1.24. The largest absolute Gasteiger partial charge is 0.103 e. The summed E-state index contributed by atoms with van der Waals surface area (Å²) in [7, 11) is 0. The summed E-state index contributed by atoms with van der Waals surface area (Å²) in [5.41, 5.74) is 14.1.